The van der Waals surface area contributed by atoms with Crippen molar-refractivity contribution in [3.8, 4) is 34.9 Å². The van der Waals surface area contributed by atoms with Gasteiger partial charge in [0.1, 0.15) is 13.2 Å². The lowest BCUT2D eigenvalue weighted by Gasteiger charge is -2.18. The smallest absolute Gasteiger partial charge is 0.384 e. The summed E-state index contributed by atoms with van der Waals surface area (Å²) in [5.74, 6) is 11.2. The highest BCUT2D eigenvalue weighted by molar-refractivity contribution is 6.33. The van der Waals surface area contributed by atoms with Gasteiger partial charge in [-0.15, -0.1) is 0 Å². The van der Waals surface area contributed by atoms with Gasteiger partial charge >= 0.3 is 7.69 Å². The van der Waals surface area contributed by atoms with Crippen molar-refractivity contribution < 1.29 is 14.5 Å². The lowest BCUT2D eigenvalue weighted by molar-refractivity contribution is 0.350. The molecule has 0 unspecified atom stereocenters. The quantitative estimate of drug-likeness (QED) is 0.141. The summed E-state index contributed by atoms with van der Waals surface area (Å²) in [6.45, 7) is 1.55. The van der Waals surface area contributed by atoms with Gasteiger partial charge < -0.3 is 19.0 Å². The highest BCUT2D eigenvalue weighted by Gasteiger charge is 2.26. The first-order valence-corrected chi connectivity index (χ1v) is 15.8. The van der Waals surface area contributed by atoms with Gasteiger partial charge in [-0.3, -0.25) is 0 Å². The molecule has 0 bridgehead atoms. The minimum atomic E-state index is -0.223. The first-order chi connectivity index (χ1) is 23.5. The summed E-state index contributed by atoms with van der Waals surface area (Å²) in [7, 11) is 0.569. The monoisotopic (exact) mass is 647 g/mol. The van der Waals surface area contributed by atoms with Crippen molar-refractivity contribution >= 4 is 30.6 Å². The van der Waals surface area contributed by atoms with Crippen molar-refractivity contribution in [3.63, 3.8) is 0 Å². The van der Waals surface area contributed by atoms with Crippen LogP contribution < -0.4 is 0 Å². The molecule has 1 aromatic heterocycles. The number of halogens is 2. The standard InChI is InChI=1S/C41H30BClFN2O2/c1-28-11-20-35(36(43)25-28)40(39-22-21-38(46(39)42-44)33-18-14-30(15-19-33)10-6-24-48)41-34(26-31-7-3-2-4-8-31)27-37(45-41)32-16-12-29(13-17-32)9-5-23-47/h2-4,7-8,11-22,25,27,47-48H,23-24,26H2,1H3/b41-40-. The van der Waals surface area contributed by atoms with Crippen molar-refractivity contribution in [1.82, 2.24) is 4.48 Å². The van der Waals surface area contributed by atoms with E-state index in [1.54, 1.807) is 0 Å². The van der Waals surface area contributed by atoms with Crippen LogP contribution in [-0.4, -0.2) is 41.3 Å². The van der Waals surface area contributed by atoms with Gasteiger partial charge in [-0.1, -0.05) is 102 Å². The molecule has 0 spiro atoms. The summed E-state index contributed by atoms with van der Waals surface area (Å²) >= 11 is 6.97. The normalized spacial score (nSPS) is 13.1. The van der Waals surface area contributed by atoms with Gasteiger partial charge in [-0.05, 0) is 84.1 Å². The number of aliphatic hydroxyl groups is 2. The van der Waals surface area contributed by atoms with Crippen molar-refractivity contribution in [2.75, 3.05) is 13.2 Å². The van der Waals surface area contributed by atoms with Crippen LogP contribution in [0.1, 0.15) is 39.1 Å². The van der Waals surface area contributed by atoms with Gasteiger partial charge in [0, 0.05) is 44.2 Å². The zero-order valence-electron chi connectivity index (χ0n) is 26.2. The molecule has 0 saturated carbocycles. The van der Waals surface area contributed by atoms with Gasteiger partial charge in [-0.25, -0.2) is 4.99 Å². The van der Waals surface area contributed by atoms with E-state index in [4.69, 9.17) is 26.8 Å². The van der Waals surface area contributed by atoms with Crippen LogP contribution in [-0.2, 0) is 6.42 Å². The predicted octanol–water partition coefficient (Wildman–Crippen LogP) is 7.59. The Bertz CT molecular complexity index is 2180. The maximum atomic E-state index is 15.1. The molecule has 0 fully saturated rings. The highest BCUT2D eigenvalue weighted by Crippen LogP contribution is 2.40. The third-order valence-corrected chi connectivity index (χ3v) is 8.28. The Labute approximate surface area is 285 Å². The van der Waals surface area contributed by atoms with Gasteiger partial charge in [0.2, 0.25) is 0 Å². The van der Waals surface area contributed by atoms with Crippen LogP contribution in [0, 0.1) is 30.6 Å². The molecule has 1 aliphatic rings. The molecule has 6 rings (SSSR count). The summed E-state index contributed by atoms with van der Waals surface area (Å²) in [6, 6.07) is 35.0. The summed E-state index contributed by atoms with van der Waals surface area (Å²) in [5, 5.41) is 18.7. The van der Waals surface area contributed by atoms with E-state index in [9.17, 15) is 0 Å². The van der Waals surface area contributed by atoms with E-state index in [0.29, 0.717) is 41.8 Å². The van der Waals surface area contributed by atoms with Gasteiger partial charge in [0.25, 0.3) is 0 Å². The van der Waals surface area contributed by atoms with E-state index in [1.165, 1.54) is 4.48 Å². The molecule has 2 heterocycles. The number of allylic oxidation sites excluding steroid dienone is 2. The van der Waals surface area contributed by atoms with E-state index in [0.717, 1.165) is 50.2 Å². The maximum absolute atomic E-state index is 15.1. The van der Waals surface area contributed by atoms with E-state index in [-0.39, 0.29) is 13.2 Å². The predicted molar refractivity (Wildman–Crippen MR) is 193 cm³/mol. The molecule has 5 aromatic rings. The number of aliphatic imine (C=N–C) groups is 1. The molecule has 233 valence electrons. The second kappa shape index (κ2) is 15.0. The average Bonchev–Trinajstić information content (AvgIpc) is 3.73. The molecule has 0 amide bonds. The Morgan fingerprint density at radius 2 is 1.46 bits per heavy atom. The fourth-order valence-corrected chi connectivity index (χ4v) is 6.04. The highest BCUT2D eigenvalue weighted by atomic mass is 35.5. The Kier molecular flexibility index (Phi) is 10.2. The Morgan fingerprint density at radius 1 is 0.812 bits per heavy atom. The molecule has 48 heavy (non-hydrogen) atoms. The second-order valence-electron chi connectivity index (χ2n) is 11.2. The third-order valence-electron chi connectivity index (χ3n) is 7.97. The molecule has 0 atom stereocenters. The van der Waals surface area contributed by atoms with Crippen LogP contribution in [0.15, 0.2) is 132 Å². The van der Waals surface area contributed by atoms with E-state index < -0.39 is 0 Å². The van der Waals surface area contributed by atoms with E-state index in [2.05, 4.69) is 41.9 Å². The topological polar surface area (TPSA) is 57.8 Å². The van der Waals surface area contributed by atoms with Crippen molar-refractivity contribution in [2.45, 2.75) is 13.3 Å². The summed E-state index contributed by atoms with van der Waals surface area (Å²) < 4.78 is 16.6. The molecule has 1 aliphatic heterocycles. The summed E-state index contributed by atoms with van der Waals surface area (Å²) in [6.07, 6.45) is 2.68. The third kappa shape index (κ3) is 7.13. The SMILES string of the molecule is Cc1ccc(/C(=C2/N=C(c3ccc(C#CCO)cc3)C=C2Cc2ccccc2)c2ccc(-c3ccc(C#CCO)cc3)n2[B]F)c(Cl)c1. The van der Waals surface area contributed by atoms with Crippen LogP contribution in [0.2, 0.25) is 5.02 Å². The molecule has 7 heteroatoms. The minimum absolute atomic E-state index is 0.205. The van der Waals surface area contributed by atoms with Crippen molar-refractivity contribution in [3.05, 3.63) is 171 Å². The molecular formula is C41H30BClFN2O2. The largest absolute Gasteiger partial charge is 0.495 e. The number of hydrogen-bond acceptors (Lipinski definition) is 3. The maximum Gasteiger partial charge on any atom is 0.495 e. The fraction of sp³-hybridized carbons (Fsp3) is 0.0976. The van der Waals surface area contributed by atoms with E-state index in [1.807, 2.05) is 104 Å². The van der Waals surface area contributed by atoms with Crippen LogP contribution in [0.3, 0.4) is 0 Å². The molecule has 0 aliphatic carbocycles. The van der Waals surface area contributed by atoms with Crippen LogP contribution in [0.5, 0.6) is 0 Å². The minimum Gasteiger partial charge on any atom is -0.384 e. The van der Waals surface area contributed by atoms with Gasteiger partial charge in [0.05, 0.1) is 11.4 Å². The molecule has 2 N–H and O–H groups in total. The Balaban J connectivity index is 1.56. The number of hydrogen-bond donors (Lipinski definition) is 2. The van der Waals surface area contributed by atoms with Gasteiger partial charge in [0.15, 0.2) is 0 Å². The number of benzene rings is 4. The average molecular weight is 648 g/mol. The molecule has 0 saturated heterocycles. The van der Waals surface area contributed by atoms with E-state index >= 15 is 4.32 Å². The number of rotatable bonds is 7. The summed E-state index contributed by atoms with van der Waals surface area (Å²) in [4.78, 5) is 5.23. The van der Waals surface area contributed by atoms with Crippen molar-refractivity contribution in [1.29, 1.82) is 0 Å². The molecule has 4 nitrogen and oxygen atoms in total. The van der Waals surface area contributed by atoms with Crippen LogP contribution in [0.4, 0.5) is 4.32 Å². The lowest BCUT2D eigenvalue weighted by Crippen LogP contribution is -2.09. The number of aromatic nitrogens is 1. The summed E-state index contributed by atoms with van der Waals surface area (Å²) in [5.41, 5.74) is 10.5. The fourth-order valence-electron chi connectivity index (χ4n) is 5.71. The molecule has 4 aromatic carbocycles. The van der Waals surface area contributed by atoms with Crippen LogP contribution in [0.25, 0.3) is 16.8 Å². The van der Waals surface area contributed by atoms with Crippen molar-refractivity contribution in [2.24, 2.45) is 4.99 Å². The number of nitrogens with zero attached hydrogens (tertiary/aromatic N) is 2. The zero-order valence-corrected chi connectivity index (χ0v) is 27.0. The Hall–Kier alpha value is -5.37. The molecular weight excluding hydrogens is 618 g/mol. The second-order valence-corrected chi connectivity index (χ2v) is 11.6. The number of aryl methyl sites for hydroxylation is 1. The molecule has 1 radical (unpaired) electrons. The zero-order chi connectivity index (χ0) is 33.5. The lowest BCUT2D eigenvalue weighted by atomic mass is 9.93. The van der Waals surface area contributed by atoms with Gasteiger partial charge in [-0.2, -0.15) is 0 Å². The first-order valence-electron chi connectivity index (χ1n) is 15.4. The number of aliphatic hydroxyl groups excluding tert-OH is 2. The first kappa shape index (κ1) is 32.6. The van der Waals surface area contributed by atoms with Crippen LogP contribution >= 0.6 is 11.6 Å². The Morgan fingerprint density at radius 3 is 2.06 bits per heavy atom.